The van der Waals surface area contributed by atoms with E-state index in [0.717, 1.165) is 51.7 Å². The average molecular weight is 681 g/mol. The SMILES string of the molecule is C[C@@H](CCC(OCc1ccccc1)[C@H](C)CCO[Si](C)(C)C(C)(C)C)CC[C@H](O)[C@@](C)(O)CCC[C@@H](C)CO[Si](C)(C)C(C)(C)C. The topological polar surface area (TPSA) is 68.2 Å². The molecule has 0 aliphatic heterocycles. The minimum absolute atomic E-state index is 0.154. The van der Waals surface area contributed by atoms with Gasteiger partial charge >= 0.3 is 0 Å². The van der Waals surface area contributed by atoms with Gasteiger partial charge in [0.1, 0.15) is 0 Å². The van der Waals surface area contributed by atoms with Crippen LogP contribution in [0.4, 0.5) is 0 Å². The van der Waals surface area contributed by atoms with Crippen molar-refractivity contribution in [2.75, 3.05) is 13.2 Å². The Labute approximate surface area is 287 Å². The van der Waals surface area contributed by atoms with Crippen LogP contribution in [0, 0.1) is 17.8 Å². The third-order valence-corrected chi connectivity index (χ3v) is 20.3. The van der Waals surface area contributed by atoms with Crippen LogP contribution in [0.3, 0.4) is 0 Å². The van der Waals surface area contributed by atoms with Gasteiger partial charge in [-0.3, -0.25) is 0 Å². The van der Waals surface area contributed by atoms with Gasteiger partial charge in [0, 0.05) is 13.2 Å². The highest BCUT2D eigenvalue weighted by Gasteiger charge is 2.38. The van der Waals surface area contributed by atoms with Crippen molar-refractivity contribution in [2.45, 2.75) is 181 Å². The predicted molar refractivity (Wildman–Crippen MR) is 202 cm³/mol. The van der Waals surface area contributed by atoms with Crippen LogP contribution in [0.25, 0.3) is 0 Å². The summed E-state index contributed by atoms with van der Waals surface area (Å²) in [5.41, 5.74) is 0.132. The summed E-state index contributed by atoms with van der Waals surface area (Å²) in [5.74, 6) is 1.28. The normalized spacial score (nSPS) is 18.1. The monoisotopic (exact) mass is 681 g/mol. The summed E-state index contributed by atoms with van der Waals surface area (Å²) in [4.78, 5) is 0. The minimum Gasteiger partial charge on any atom is -0.417 e. The van der Waals surface area contributed by atoms with Gasteiger partial charge in [0.05, 0.1) is 24.4 Å². The molecule has 0 aliphatic carbocycles. The molecule has 0 spiro atoms. The number of benzene rings is 1. The second-order valence-electron chi connectivity index (χ2n) is 17.9. The molecule has 5 nitrogen and oxygen atoms in total. The van der Waals surface area contributed by atoms with Crippen molar-refractivity contribution in [1.82, 2.24) is 0 Å². The molecular weight excluding hydrogens is 605 g/mol. The van der Waals surface area contributed by atoms with E-state index in [1.807, 2.05) is 6.07 Å². The molecule has 0 radical (unpaired) electrons. The van der Waals surface area contributed by atoms with Crippen molar-refractivity contribution in [1.29, 1.82) is 0 Å². The Morgan fingerprint density at radius 2 is 1.24 bits per heavy atom. The highest BCUT2D eigenvalue weighted by atomic mass is 28.4. The van der Waals surface area contributed by atoms with Crippen LogP contribution in [0.2, 0.25) is 36.3 Å². The van der Waals surface area contributed by atoms with Crippen molar-refractivity contribution in [3.05, 3.63) is 35.9 Å². The molecule has 0 aliphatic rings. The molecule has 1 unspecified atom stereocenters. The molecule has 1 aromatic carbocycles. The second-order valence-corrected chi connectivity index (χ2v) is 27.5. The van der Waals surface area contributed by atoms with E-state index >= 15 is 0 Å². The lowest BCUT2D eigenvalue weighted by atomic mass is 9.85. The molecular formula is C39H76O5Si2. The van der Waals surface area contributed by atoms with Crippen LogP contribution in [0.15, 0.2) is 30.3 Å². The first-order valence-corrected chi connectivity index (χ1v) is 24.1. The summed E-state index contributed by atoms with van der Waals surface area (Å²) < 4.78 is 19.5. The predicted octanol–water partition coefficient (Wildman–Crippen LogP) is 10.8. The Morgan fingerprint density at radius 1 is 0.696 bits per heavy atom. The van der Waals surface area contributed by atoms with E-state index in [1.165, 1.54) is 5.56 Å². The first-order valence-electron chi connectivity index (χ1n) is 18.3. The summed E-state index contributed by atoms with van der Waals surface area (Å²) in [6.07, 6.45) is 6.44. The number of hydrogen-bond donors (Lipinski definition) is 2. The van der Waals surface area contributed by atoms with Crippen LogP contribution in [-0.4, -0.2) is 57.9 Å². The fourth-order valence-corrected chi connectivity index (χ4v) is 7.38. The maximum Gasteiger partial charge on any atom is 0.191 e. The van der Waals surface area contributed by atoms with Crippen molar-refractivity contribution in [3.63, 3.8) is 0 Å². The lowest BCUT2D eigenvalue weighted by Gasteiger charge is -2.37. The number of aliphatic hydroxyl groups is 2. The largest absolute Gasteiger partial charge is 0.417 e. The lowest BCUT2D eigenvalue weighted by molar-refractivity contribution is -0.0740. The number of ether oxygens (including phenoxy) is 1. The molecule has 7 heteroatoms. The van der Waals surface area contributed by atoms with Gasteiger partial charge in [0.2, 0.25) is 0 Å². The zero-order valence-electron chi connectivity index (χ0n) is 32.7. The van der Waals surface area contributed by atoms with Crippen LogP contribution in [0.5, 0.6) is 0 Å². The average Bonchev–Trinajstić information content (AvgIpc) is 2.93. The lowest BCUT2D eigenvalue weighted by Crippen LogP contribution is -2.42. The summed E-state index contributed by atoms with van der Waals surface area (Å²) >= 11 is 0. The zero-order valence-corrected chi connectivity index (χ0v) is 34.7. The molecule has 46 heavy (non-hydrogen) atoms. The van der Waals surface area contributed by atoms with E-state index in [2.05, 4.69) is 113 Å². The summed E-state index contributed by atoms with van der Waals surface area (Å²) in [7, 11) is -3.52. The molecule has 1 aromatic rings. The quantitative estimate of drug-likeness (QED) is 0.119. The first kappa shape index (κ1) is 43.5. The second kappa shape index (κ2) is 19.0. The molecule has 0 bridgehead atoms. The molecule has 0 saturated carbocycles. The van der Waals surface area contributed by atoms with E-state index in [9.17, 15) is 10.2 Å². The molecule has 0 aromatic heterocycles. The standard InChI is InChI=1S/C39H76O5Si2/c1-31(23-25-36(40)39(10,41)27-18-19-32(2)29-44-46(13,14)38(7,8)9)22-24-35(42-30-34-20-16-15-17-21-34)33(3)26-28-43-45(11,12)37(4,5)6/h15-17,20-21,31-33,35-36,40-41H,18-19,22-30H2,1-14H3/t31-,32+,33+,35?,36-,39-/m0/s1. The van der Waals surface area contributed by atoms with Gasteiger partial charge in [0.15, 0.2) is 16.6 Å². The van der Waals surface area contributed by atoms with Crippen LogP contribution < -0.4 is 0 Å². The Hall–Kier alpha value is -0.546. The summed E-state index contributed by atoms with van der Waals surface area (Å²) in [5, 5.41) is 22.5. The Bertz CT molecular complexity index is 951. The third kappa shape index (κ3) is 15.8. The van der Waals surface area contributed by atoms with Crippen LogP contribution in [0.1, 0.15) is 126 Å². The molecule has 0 amide bonds. The number of aliphatic hydroxyl groups excluding tert-OH is 1. The van der Waals surface area contributed by atoms with Gasteiger partial charge < -0.3 is 23.8 Å². The van der Waals surface area contributed by atoms with E-state index < -0.39 is 28.3 Å². The molecule has 0 heterocycles. The van der Waals surface area contributed by atoms with Gasteiger partial charge in [-0.1, -0.05) is 99.1 Å². The number of rotatable bonds is 22. The van der Waals surface area contributed by atoms with E-state index in [0.29, 0.717) is 37.2 Å². The Morgan fingerprint density at radius 3 is 1.80 bits per heavy atom. The summed E-state index contributed by atoms with van der Waals surface area (Å²) in [6.45, 7) is 33.7. The van der Waals surface area contributed by atoms with Gasteiger partial charge in [-0.15, -0.1) is 0 Å². The fraction of sp³-hybridized carbons (Fsp3) is 0.846. The van der Waals surface area contributed by atoms with Crippen molar-refractivity contribution >= 4 is 16.6 Å². The molecule has 2 N–H and O–H groups in total. The maximum atomic E-state index is 11.1. The van der Waals surface area contributed by atoms with E-state index in [-0.39, 0.29) is 16.2 Å². The Kier molecular flexibility index (Phi) is 18.0. The van der Waals surface area contributed by atoms with Crippen molar-refractivity contribution in [2.24, 2.45) is 17.8 Å². The highest BCUT2D eigenvalue weighted by molar-refractivity contribution is 6.74. The number of hydrogen-bond acceptors (Lipinski definition) is 5. The molecule has 6 atom stereocenters. The third-order valence-electron chi connectivity index (χ3n) is 11.3. The minimum atomic E-state index is -1.77. The highest BCUT2D eigenvalue weighted by Crippen LogP contribution is 2.38. The van der Waals surface area contributed by atoms with Crippen LogP contribution >= 0.6 is 0 Å². The van der Waals surface area contributed by atoms with Gasteiger partial charge in [-0.05, 0) is 111 Å². The zero-order chi connectivity index (χ0) is 35.4. The maximum absolute atomic E-state index is 11.1. The summed E-state index contributed by atoms with van der Waals surface area (Å²) in [6, 6.07) is 10.4. The van der Waals surface area contributed by atoms with Gasteiger partial charge in [0.25, 0.3) is 0 Å². The van der Waals surface area contributed by atoms with Gasteiger partial charge in [-0.25, -0.2) is 0 Å². The van der Waals surface area contributed by atoms with Crippen molar-refractivity contribution in [3.8, 4) is 0 Å². The molecule has 270 valence electrons. The first-order chi connectivity index (χ1) is 21.0. The van der Waals surface area contributed by atoms with Crippen molar-refractivity contribution < 1.29 is 23.8 Å². The Balaban J connectivity index is 2.58. The van der Waals surface area contributed by atoms with E-state index in [1.54, 1.807) is 6.92 Å². The fourth-order valence-electron chi connectivity index (χ4n) is 5.18. The molecule has 0 fully saturated rings. The molecule has 1 rings (SSSR count). The molecule has 0 saturated heterocycles. The smallest absolute Gasteiger partial charge is 0.191 e. The van der Waals surface area contributed by atoms with E-state index in [4.69, 9.17) is 13.6 Å². The van der Waals surface area contributed by atoms with Gasteiger partial charge in [-0.2, -0.15) is 0 Å². The van der Waals surface area contributed by atoms with Crippen LogP contribution in [-0.2, 0) is 20.2 Å².